The average Bonchev–Trinajstić information content (AvgIpc) is 2.77. The molecule has 2 rings (SSSR count). The fourth-order valence-corrected chi connectivity index (χ4v) is 2.50. The minimum absolute atomic E-state index is 0.0191. The third kappa shape index (κ3) is 2.59. The molecule has 19 heavy (non-hydrogen) atoms. The van der Waals surface area contributed by atoms with Gasteiger partial charge in [0.15, 0.2) is 0 Å². The van der Waals surface area contributed by atoms with Crippen LogP contribution in [-0.2, 0) is 4.79 Å². The molecule has 1 aromatic carbocycles. The van der Waals surface area contributed by atoms with Crippen LogP contribution in [-0.4, -0.2) is 17.0 Å². The van der Waals surface area contributed by atoms with Crippen molar-refractivity contribution in [3.63, 3.8) is 0 Å². The van der Waals surface area contributed by atoms with Gasteiger partial charge in [-0.05, 0) is 25.0 Å². The third-order valence-corrected chi connectivity index (χ3v) is 3.73. The Labute approximate surface area is 110 Å². The summed E-state index contributed by atoms with van der Waals surface area (Å²) in [7, 11) is 0. The van der Waals surface area contributed by atoms with E-state index in [2.05, 4.69) is 5.32 Å². The molecule has 0 radical (unpaired) electrons. The Bertz CT molecular complexity index is 521. The van der Waals surface area contributed by atoms with Gasteiger partial charge >= 0.3 is 5.97 Å². The van der Waals surface area contributed by atoms with E-state index in [1.165, 1.54) is 12.1 Å². The number of carbonyl (C=O) groups is 2. The van der Waals surface area contributed by atoms with Gasteiger partial charge in [0.05, 0.1) is 5.69 Å². The minimum atomic E-state index is -1.38. The lowest BCUT2D eigenvalue weighted by molar-refractivity contribution is -0.124. The molecule has 1 aromatic rings. The number of anilines is 1. The molecule has 0 unspecified atom stereocenters. The highest BCUT2D eigenvalue weighted by Gasteiger charge is 2.36. The zero-order chi connectivity index (χ0) is 14.0. The standard InChI is InChI=1S/C14H16FNO3/c1-14(7-2-3-8-14)13(19)16-10-6-4-5-9(15)11(10)12(17)18/h4-6H,2-3,7-8H2,1H3,(H,16,19)(H,17,18). The van der Waals surface area contributed by atoms with Gasteiger partial charge in [-0.15, -0.1) is 0 Å². The van der Waals surface area contributed by atoms with Gasteiger partial charge in [-0.25, -0.2) is 9.18 Å². The summed E-state index contributed by atoms with van der Waals surface area (Å²) in [4.78, 5) is 23.2. The number of carbonyl (C=O) groups excluding carboxylic acids is 1. The fourth-order valence-electron chi connectivity index (χ4n) is 2.50. The number of carboxylic acids is 1. The number of hydrogen-bond acceptors (Lipinski definition) is 2. The number of halogens is 1. The van der Waals surface area contributed by atoms with Crippen LogP contribution in [0.4, 0.5) is 10.1 Å². The van der Waals surface area contributed by atoms with E-state index in [0.717, 1.165) is 31.7 Å². The molecule has 0 aliphatic heterocycles. The molecule has 1 saturated carbocycles. The van der Waals surface area contributed by atoms with E-state index < -0.39 is 22.8 Å². The van der Waals surface area contributed by atoms with E-state index in [9.17, 15) is 14.0 Å². The van der Waals surface area contributed by atoms with Gasteiger partial charge in [0, 0.05) is 5.41 Å². The first kappa shape index (κ1) is 13.5. The van der Waals surface area contributed by atoms with Crippen molar-refractivity contribution in [2.24, 2.45) is 5.41 Å². The van der Waals surface area contributed by atoms with E-state index in [4.69, 9.17) is 5.11 Å². The maximum atomic E-state index is 13.5. The van der Waals surface area contributed by atoms with Gasteiger partial charge in [0.1, 0.15) is 11.4 Å². The van der Waals surface area contributed by atoms with Gasteiger partial charge in [0.2, 0.25) is 5.91 Å². The number of aromatic carboxylic acids is 1. The molecule has 0 atom stereocenters. The van der Waals surface area contributed by atoms with Crippen LogP contribution in [0.15, 0.2) is 18.2 Å². The van der Waals surface area contributed by atoms with Crippen LogP contribution in [0.5, 0.6) is 0 Å². The Balaban J connectivity index is 2.26. The summed E-state index contributed by atoms with van der Waals surface area (Å²) in [5.41, 5.74) is -0.953. The fraction of sp³-hybridized carbons (Fsp3) is 0.429. The molecule has 2 N–H and O–H groups in total. The van der Waals surface area contributed by atoms with Crippen LogP contribution in [0.2, 0.25) is 0 Å². The van der Waals surface area contributed by atoms with Crippen molar-refractivity contribution in [3.8, 4) is 0 Å². The molecular formula is C14H16FNO3. The van der Waals surface area contributed by atoms with Crippen LogP contribution in [0.3, 0.4) is 0 Å². The van der Waals surface area contributed by atoms with Crippen LogP contribution in [0.25, 0.3) is 0 Å². The highest BCUT2D eigenvalue weighted by molar-refractivity contribution is 6.02. The first-order chi connectivity index (χ1) is 8.94. The van der Waals surface area contributed by atoms with Crippen molar-refractivity contribution >= 4 is 17.6 Å². The number of benzene rings is 1. The topological polar surface area (TPSA) is 66.4 Å². The second kappa shape index (κ2) is 4.99. The Morgan fingerprint density at radius 3 is 2.53 bits per heavy atom. The zero-order valence-electron chi connectivity index (χ0n) is 10.7. The number of nitrogens with one attached hydrogen (secondary N) is 1. The van der Waals surface area contributed by atoms with E-state index in [1.54, 1.807) is 0 Å². The first-order valence-corrected chi connectivity index (χ1v) is 6.27. The van der Waals surface area contributed by atoms with E-state index >= 15 is 0 Å². The SMILES string of the molecule is CC1(C(=O)Nc2cccc(F)c2C(=O)O)CCCC1. The summed E-state index contributed by atoms with van der Waals surface area (Å²) in [5.74, 6) is -2.47. The van der Waals surface area contributed by atoms with Crippen LogP contribution in [0, 0.1) is 11.2 Å². The quantitative estimate of drug-likeness (QED) is 0.882. The van der Waals surface area contributed by atoms with E-state index in [1.807, 2.05) is 6.92 Å². The maximum absolute atomic E-state index is 13.5. The molecule has 1 fully saturated rings. The molecule has 0 saturated heterocycles. The largest absolute Gasteiger partial charge is 0.478 e. The smallest absolute Gasteiger partial charge is 0.340 e. The molecule has 1 aliphatic carbocycles. The predicted octanol–water partition coefficient (Wildman–Crippen LogP) is 3.04. The Morgan fingerprint density at radius 1 is 1.32 bits per heavy atom. The van der Waals surface area contributed by atoms with Crippen LogP contribution < -0.4 is 5.32 Å². The molecule has 0 aromatic heterocycles. The number of amides is 1. The molecular weight excluding hydrogens is 249 g/mol. The summed E-state index contributed by atoms with van der Waals surface area (Å²) in [6, 6.07) is 3.85. The summed E-state index contributed by atoms with van der Waals surface area (Å²) < 4.78 is 13.5. The third-order valence-electron chi connectivity index (χ3n) is 3.73. The molecule has 102 valence electrons. The Hall–Kier alpha value is -1.91. The highest BCUT2D eigenvalue weighted by Crippen LogP contribution is 2.38. The van der Waals surface area contributed by atoms with Crippen LogP contribution >= 0.6 is 0 Å². The Kier molecular flexibility index (Phi) is 3.55. The van der Waals surface area contributed by atoms with Gasteiger partial charge in [-0.3, -0.25) is 4.79 Å². The maximum Gasteiger partial charge on any atom is 0.340 e. The van der Waals surface area contributed by atoms with Gasteiger partial charge in [-0.1, -0.05) is 25.8 Å². The van der Waals surface area contributed by atoms with Gasteiger partial charge in [-0.2, -0.15) is 0 Å². The number of hydrogen-bond donors (Lipinski definition) is 2. The summed E-state index contributed by atoms with van der Waals surface area (Å²) in [6.07, 6.45) is 3.52. The monoisotopic (exact) mass is 265 g/mol. The molecule has 1 amide bonds. The average molecular weight is 265 g/mol. The normalized spacial score (nSPS) is 17.2. The summed E-state index contributed by atoms with van der Waals surface area (Å²) >= 11 is 0. The highest BCUT2D eigenvalue weighted by atomic mass is 19.1. The Morgan fingerprint density at radius 2 is 1.95 bits per heavy atom. The number of rotatable bonds is 3. The van der Waals surface area contributed by atoms with E-state index in [0.29, 0.717) is 0 Å². The lowest BCUT2D eigenvalue weighted by Gasteiger charge is -2.22. The second-order valence-electron chi connectivity index (χ2n) is 5.19. The zero-order valence-corrected chi connectivity index (χ0v) is 10.7. The van der Waals surface area contributed by atoms with Crippen LogP contribution in [0.1, 0.15) is 43.0 Å². The predicted molar refractivity (Wildman–Crippen MR) is 68.6 cm³/mol. The van der Waals surface area contributed by atoms with Crippen molar-refractivity contribution in [3.05, 3.63) is 29.6 Å². The van der Waals surface area contributed by atoms with Crippen molar-refractivity contribution in [2.45, 2.75) is 32.6 Å². The lowest BCUT2D eigenvalue weighted by atomic mass is 9.87. The van der Waals surface area contributed by atoms with Gasteiger partial charge in [0.25, 0.3) is 0 Å². The summed E-state index contributed by atoms with van der Waals surface area (Å²) in [5, 5.41) is 11.6. The van der Waals surface area contributed by atoms with E-state index in [-0.39, 0.29) is 11.6 Å². The second-order valence-corrected chi connectivity index (χ2v) is 5.19. The van der Waals surface area contributed by atoms with Crippen molar-refractivity contribution in [1.82, 2.24) is 0 Å². The molecule has 0 spiro atoms. The molecule has 4 nitrogen and oxygen atoms in total. The lowest BCUT2D eigenvalue weighted by Crippen LogP contribution is -2.31. The van der Waals surface area contributed by atoms with Crippen molar-refractivity contribution in [2.75, 3.05) is 5.32 Å². The molecule has 5 heteroatoms. The first-order valence-electron chi connectivity index (χ1n) is 6.27. The van der Waals surface area contributed by atoms with Gasteiger partial charge < -0.3 is 10.4 Å². The molecule has 0 bridgehead atoms. The van der Waals surface area contributed by atoms with Crippen molar-refractivity contribution < 1.29 is 19.1 Å². The van der Waals surface area contributed by atoms with Crippen molar-refractivity contribution in [1.29, 1.82) is 0 Å². The molecule has 1 aliphatic rings. The minimum Gasteiger partial charge on any atom is -0.478 e. The summed E-state index contributed by atoms with van der Waals surface area (Å²) in [6.45, 7) is 1.86. The molecule has 0 heterocycles. The number of carboxylic acid groups (broad SMARTS) is 1.